The molecule has 202 valence electrons. The number of amides is 2. The molecule has 0 aliphatic carbocycles. The van der Waals surface area contributed by atoms with Gasteiger partial charge in [0.2, 0.25) is 5.13 Å². The summed E-state index contributed by atoms with van der Waals surface area (Å²) in [6.45, 7) is 2.18. The predicted octanol–water partition coefficient (Wildman–Crippen LogP) is 5.03. The van der Waals surface area contributed by atoms with Gasteiger partial charge in [0.15, 0.2) is 0 Å². The molecule has 2 aromatic heterocycles. The first kappa shape index (κ1) is 28.0. The number of anilines is 2. The second-order valence-electron chi connectivity index (χ2n) is 8.93. The van der Waals surface area contributed by atoms with E-state index in [1.54, 1.807) is 30.5 Å². The first-order valence-corrected chi connectivity index (χ1v) is 13.8. The van der Waals surface area contributed by atoms with Gasteiger partial charge in [0.1, 0.15) is 23.1 Å². The molecular formula is C24H27BrClN7O4S. The van der Waals surface area contributed by atoms with Crippen molar-refractivity contribution < 1.29 is 19.4 Å². The molecule has 1 aliphatic rings. The molecule has 11 nitrogen and oxygen atoms in total. The van der Waals surface area contributed by atoms with Crippen LogP contribution in [0, 0.1) is 0 Å². The number of carboxylic acid groups (broad SMARTS) is 1. The van der Waals surface area contributed by atoms with E-state index in [4.69, 9.17) is 21.4 Å². The Morgan fingerprint density at radius 2 is 2.03 bits per heavy atom. The van der Waals surface area contributed by atoms with E-state index in [1.807, 2.05) is 19.0 Å². The number of benzene rings is 1. The van der Waals surface area contributed by atoms with Gasteiger partial charge in [-0.15, -0.1) is 0 Å². The fraction of sp³-hybridized carbons (Fsp3) is 0.375. The van der Waals surface area contributed by atoms with Crippen LogP contribution in [-0.4, -0.2) is 81.5 Å². The lowest BCUT2D eigenvalue weighted by atomic mass is 9.96. The van der Waals surface area contributed by atoms with Gasteiger partial charge in [-0.1, -0.05) is 11.6 Å². The van der Waals surface area contributed by atoms with Crippen molar-refractivity contribution in [3.8, 4) is 11.5 Å². The number of likely N-dealkylation sites (N-methyl/N-ethyl adjacent to an activating group) is 1. The number of piperidine rings is 1. The Balaban J connectivity index is 1.42. The summed E-state index contributed by atoms with van der Waals surface area (Å²) < 4.78 is 11.1. The number of carbonyl (C=O) groups is 2. The van der Waals surface area contributed by atoms with Crippen molar-refractivity contribution >= 4 is 62.0 Å². The standard InChI is InChI=1S/C24H27BrClN7O4S/c1-32(2)10-7-27-22(34)15-3-4-17(26)19(11-15)37-18-12-20(28-13-16(18)25)29-23-30-21(31-38-23)14-5-8-33(9-6-14)24(35)36/h3-4,11-14H,5-10H2,1-2H3,(H,27,34)(H,35,36)(H,28,29,30,31). The number of ether oxygens (including phenoxy) is 1. The van der Waals surface area contributed by atoms with E-state index in [0.717, 1.165) is 6.54 Å². The number of hydrogen-bond acceptors (Lipinski definition) is 9. The van der Waals surface area contributed by atoms with E-state index in [9.17, 15) is 9.59 Å². The maximum atomic E-state index is 12.5. The zero-order valence-electron chi connectivity index (χ0n) is 20.8. The SMILES string of the molecule is CN(C)CCNC(=O)c1ccc(Cl)c(Oc2cc(Nc3nc(C4CCN(C(=O)O)CC4)ns3)ncc2Br)c1. The first-order chi connectivity index (χ1) is 18.2. The van der Waals surface area contributed by atoms with Gasteiger partial charge in [0, 0.05) is 61.5 Å². The topological polar surface area (TPSA) is 133 Å². The molecule has 0 atom stereocenters. The van der Waals surface area contributed by atoms with Crippen molar-refractivity contribution in [1.29, 1.82) is 0 Å². The van der Waals surface area contributed by atoms with Crippen molar-refractivity contribution in [3.63, 3.8) is 0 Å². The molecule has 2 amide bonds. The van der Waals surface area contributed by atoms with Crippen LogP contribution in [0.15, 0.2) is 34.9 Å². The summed E-state index contributed by atoms with van der Waals surface area (Å²) in [5, 5.41) is 16.1. The number of aromatic nitrogens is 3. The minimum absolute atomic E-state index is 0.115. The molecule has 3 heterocycles. The lowest BCUT2D eigenvalue weighted by molar-refractivity contribution is 0.0950. The van der Waals surface area contributed by atoms with E-state index in [-0.39, 0.29) is 11.8 Å². The average molecular weight is 625 g/mol. The summed E-state index contributed by atoms with van der Waals surface area (Å²) in [5.41, 5.74) is 0.433. The van der Waals surface area contributed by atoms with Gasteiger partial charge in [-0.05, 0) is 61.1 Å². The fourth-order valence-corrected chi connectivity index (χ4v) is 4.90. The van der Waals surface area contributed by atoms with Crippen molar-refractivity contribution in [3.05, 3.63) is 51.3 Å². The van der Waals surface area contributed by atoms with Crippen molar-refractivity contribution in [2.75, 3.05) is 45.6 Å². The van der Waals surface area contributed by atoms with E-state index < -0.39 is 6.09 Å². The van der Waals surface area contributed by atoms with Crippen LogP contribution >= 0.6 is 39.1 Å². The van der Waals surface area contributed by atoms with Gasteiger partial charge in [0.25, 0.3) is 5.91 Å². The van der Waals surface area contributed by atoms with Gasteiger partial charge >= 0.3 is 6.09 Å². The number of pyridine rings is 1. The molecule has 0 unspecified atom stereocenters. The molecule has 14 heteroatoms. The predicted molar refractivity (Wildman–Crippen MR) is 149 cm³/mol. The lowest BCUT2D eigenvalue weighted by Crippen LogP contribution is -2.37. The van der Waals surface area contributed by atoms with Crippen LogP contribution in [0.4, 0.5) is 15.7 Å². The average Bonchev–Trinajstić information content (AvgIpc) is 3.35. The summed E-state index contributed by atoms with van der Waals surface area (Å²) in [6.07, 6.45) is 2.06. The Morgan fingerprint density at radius 3 is 2.74 bits per heavy atom. The van der Waals surface area contributed by atoms with E-state index in [0.29, 0.717) is 75.8 Å². The van der Waals surface area contributed by atoms with E-state index in [1.165, 1.54) is 16.4 Å². The van der Waals surface area contributed by atoms with Gasteiger partial charge in [-0.25, -0.2) is 14.8 Å². The Morgan fingerprint density at radius 1 is 1.26 bits per heavy atom. The fourth-order valence-electron chi connectivity index (χ4n) is 3.79. The van der Waals surface area contributed by atoms with Crippen molar-refractivity contribution in [2.24, 2.45) is 0 Å². The van der Waals surface area contributed by atoms with Gasteiger partial charge in [0.05, 0.1) is 9.50 Å². The molecule has 1 fully saturated rings. The van der Waals surface area contributed by atoms with Crippen molar-refractivity contribution in [1.82, 2.24) is 29.5 Å². The highest BCUT2D eigenvalue weighted by atomic mass is 79.9. The quantitative estimate of drug-likeness (QED) is 0.300. The molecule has 0 saturated carbocycles. The Labute approximate surface area is 237 Å². The second kappa shape index (κ2) is 12.7. The highest BCUT2D eigenvalue weighted by molar-refractivity contribution is 9.10. The summed E-state index contributed by atoms with van der Waals surface area (Å²) >= 11 is 11.0. The first-order valence-electron chi connectivity index (χ1n) is 11.8. The smallest absolute Gasteiger partial charge is 0.407 e. The summed E-state index contributed by atoms with van der Waals surface area (Å²) in [5.74, 6) is 1.86. The molecule has 3 N–H and O–H groups in total. The zero-order valence-corrected chi connectivity index (χ0v) is 23.9. The third kappa shape index (κ3) is 7.31. The van der Waals surface area contributed by atoms with Crippen LogP contribution in [0.2, 0.25) is 5.02 Å². The molecule has 0 bridgehead atoms. The minimum Gasteiger partial charge on any atom is -0.465 e. The number of likely N-dealkylation sites (tertiary alicyclic amines) is 1. The maximum absolute atomic E-state index is 12.5. The second-order valence-corrected chi connectivity index (χ2v) is 10.9. The van der Waals surface area contributed by atoms with Gasteiger partial charge < -0.3 is 30.3 Å². The van der Waals surface area contributed by atoms with Gasteiger partial charge in [-0.2, -0.15) is 4.37 Å². The van der Waals surface area contributed by atoms with Crippen LogP contribution in [-0.2, 0) is 0 Å². The van der Waals surface area contributed by atoms with Crippen LogP contribution in [0.5, 0.6) is 11.5 Å². The number of rotatable bonds is 9. The van der Waals surface area contributed by atoms with Crippen LogP contribution in [0.3, 0.4) is 0 Å². The summed E-state index contributed by atoms with van der Waals surface area (Å²) in [6, 6.07) is 6.56. The highest BCUT2D eigenvalue weighted by Crippen LogP contribution is 2.36. The minimum atomic E-state index is -0.896. The number of carbonyl (C=O) groups excluding carboxylic acids is 1. The van der Waals surface area contributed by atoms with Crippen LogP contribution in [0.1, 0.15) is 34.9 Å². The molecule has 1 aliphatic heterocycles. The molecule has 38 heavy (non-hydrogen) atoms. The Hall–Kier alpha value is -3.00. The van der Waals surface area contributed by atoms with Gasteiger partial charge in [-0.3, -0.25) is 4.79 Å². The third-order valence-corrected chi connectivity index (χ3v) is 7.44. The molecule has 0 radical (unpaired) electrons. The monoisotopic (exact) mass is 623 g/mol. The van der Waals surface area contributed by atoms with Crippen LogP contribution < -0.4 is 15.4 Å². The third-order valence-electron chi connectivity index (χ3n) is 5.89. The number of halogens is 2. The lowest BCUT2D eigenvalue weighted by Gasteiger charge is -2.28. The van der Waals surface area contributed by atoms with Crippen molar-refractivity contribution in [2.45, 2.75) is 18.8 Å². The Bertz CT molecular complexity index is 1300. The number of nitrogens with zero attached hydrogens (tertiary/aromatic N) is 5. The van der Waals surface area contributed by atoms with E-state index >= 15 is 0 Å². The zero-order chi connectivity index (χ0) is 27.2. The highest BCUT2D eigenvalue weighted by Gasteiger charge is 2.26. The molecule has 4 rings (SSSR count). The molecule has 0 spiro atoms. The molecule has 1 saturated heterocycles. The van der Waals surface area contributed by atoms with E-state index in [2.05, 4.69) is 40.9 Å². The maximum Gasteiger partial charge on any atom is 0.407 e. The van der Waals surface area contributed by atoms with Crippen LogP contribution in [0.25, 0.3) is 0 Å². The number of hydrogen-bond donors (Lipinski definition) is 3. The molecule has 1 aromatic carbocycles. The summed E-state index contributed by atoms with van der Waals surface area (Å²) in [7, 11) is 3.88. The summed E-state index contributed by atoms with van der Waals surface area (Å²) in [4.78, 5) is 36.0. The normalized spacial score (nSPS) is 14.0. The molecular weight excluding hydrogens is 598 g/mol. The number of nitrogens with one attached hydrogen (secondary N) is 2. The Kier molecular flexibility index (Phi) is 9.36. The molecule has 3 aromatic rings. The largest absolute Gasteiger partial charge is 0.465 e.